The number of likely N-dealkylation sites (tertiary alicyclic amines) is 1. The molecule has 3 atom stereocenters. The van der Waals surface area contributed by atoms with Crippen molar-refractivity contribution in [2.45, 2.75) is 38.6 Å². The molecule has 1 aliphatic heterocycles. The van der Waals surface area contributed by atoms with Crippen molar-refractivity contribution in [3.63, 3.8) is 0 Å². The van der Waals surface area contributed by atoms with E-state index in [0.717, 1.165) is 24.8 Å². The first-order valence-corrected chi connectivity index (χ1v) is 8.24. The Morgan fingerprint density at radius 3 is 2.91 bits per heavy atom. The minimum absolute atomic E-state index is 0.0274. The third-order valence-electron chi connectivity index (χ3n) is 4.97. The average Bonchev–Trinajstić information content (AvgIpc) is 2.89. The third-order valence-corrected chi connectivity index (χ3v) is 4.97. The van der Waals surface area contributed by atoms with Crippen LogP contribution in [0.15, 0.2) is 6.20 Å². The molecule has 0 aromatic carbocycles. The van der Waals surface area contributed by atoms with Crippen molar-refractivity contribution in [3.8, 4) is 0 Å². The van der Waals surface area contributed by atoms with Crippen LogP contribution in [-0.2, 0) is 18.3 Å². The van der Waals surface area contributed by atoms with Gasteiger partial charge in [-0.15, -0.1) is 0 Å². The second-order valence-corrected chi connectivity index (χ2v) is 6.85. The number of carboxylic acid groups (broad SMARTS) is 1. The second-order valence-electron chi connectivity index (χ2n) is 6.85. The van der Waals surface area contributed by atoms with E-state index in [0.29, 0.717) is 13.0 Å². The SMILES string of the molecule is CC1CC(C(=O)O)CN(C(=O)NC2CCCc3c2cnn3C)C1. The molecule has 3 unspecified atom stereocenters. The maximum Gasteiger partial charge on any atom is 0.317 e. The number of urea groups is 1. The van der Waals surface area contributed by atoms with Crippen molar-refractivity contribution < 1.29 is 14.7 Å². The minimum Gasteiger partial charge on any atom is -0.481 e. The zero-order valence-corrected chi connectivity index (χ0v) is 13.7. The van der Waals surface area contributed by atoms with Crippen LogP contribution in [0.2, 0.25) is 0 Å². The Hall–Kier alpha value is -2.05. The van der Waals surface area contributed by atoms with E-state index >= 15 is 0 Å². The van der Waals surface area contributed by atoms with Gasteiger partial charge in [0.05, 0.1) is 18.2 Å². The fraction of sp³-hybridized carbons (Fsp3) is 0.688. The first-order valence-electron chi connectivity index (χ1n) is 8.24. The van der Waals surface area contributed by atoms with E-state index in [9.17, 15) is 14.7 Å². The van der Waals surface area contributed by atoms with Crippen LogP contribution in [-0.4, -0.2) is 44.9 Å². The van der Waals surface area contributed by atoms with Crippen molar-refractivity contribution in [1.82, 2.24) is 20.0 Å². The van der Waals surface area contributed by atoms with Crippen LogP contribution in [0, 0.1) is 11.8 Å². The van der Waals surface area contributed by atoms with Gasteiger partial charge < -0.3 is 15.3 Å². The lowest BCUT2D eigenvalue weighted by molar-refractivity contribution is -0.143. The quantitative estimate of drug-likeness (QED) is 0.865. The number of carbonyl (C=O) groups excluding carboxylic acids is 1. The molecule has 2 amide bonds. The van der Waals surface area contributed by atoms with E-state index < -0.39 is 11.9 Å². The molecule has 1 saturated heterocycles. The van der Waals surface area contributed by atoms with E-state index in [1.54, 1.807) is 4.90 Å². The molecule has 1 aromatic rings. The second kappa shape index (κ2) is 6.22. The number of hydrogen-bond acceptors (Lipinski definition) is 3. The zero-order valence-electron chi connectivity index (χ0n) is 13.7. The normalized spacial score (nSPS) is 27.4. The van der Waals surface area contributed by atoms with Crippen LogP contribution >= 0.6 is 0 Å². The first kappa shape index (κ1) is 15.8. The highest BCUT2D eigenvalue weighted by molar-refractivity contribution is 5.77. The standard InChI is InChI=1S/C16H24N4O3/c1-10-6-11(15(21)22)9-20(8-10)16(23)18-13-4-3-5-14-12(13)7-17-19(14)2/h7,10-11,13H,3-6,8-9H2,1-2H3,(H,18,23)(H,21,22). The molecule has 7 heteroatoms. The highest BCUT2D eigenvalue weighted by Gasteiger charge is 2.33. The number of fused-ring (bicyclic) bond motifs is 1. The largest absolute Gasteiger partial charge is 0.481 e. The summed E-state index contributed by atoms with van der Waals surface area (Å²) in [6.07, 6.45) is 5.37. The van der Waals surface area contributed by atoms with E-state index in [1.165, 1.54) is 5.69 Å². The van der Waals surface area contributed by atoms with Gasteiger partial charge in [-0.2, -0.15) is 5.10 Å². The fourth-order valence-electron chi connectivity index (χ4n) is 3.79. The van der Waals surface area contributed by atoms with Gasteiger partial charge in [0.25, 0.3) is 0 Å². The topological polar surface area (TPSA) is 87.5 Å². The van der Waals surface area contributed by atoms with Gasteiger partial charge in [0.15, 0.2) is 0 Å². The van der Waals surface area contributed by atoms with Crippen LogP contribution in [0.1, 0.15) is 43.5 Å². The monoisotopic (exact) mass is 320 g/mol. The Morgan fingerprint density at radius 1 is 1.39 bits per heavy atom. The molecule has 2 aliphatic rings. The summed E-state index contributed by atoms with van der Waals surface area (Å²) in [7, 11) is 1.92. The van der Waals surface area contributed by atoms with Crippen LogP contribution in [0.5, 0.6) is 0 Å². The molecular weight excluding hydrogens is 296 g/mol. The van der Waals surface area contributed by atoms with E-state index in [4.69, 9.17) is 0 Å². The van der Waals surface area contributed by atoms with Crippen LogP contribution in [0.3, 0.4) is 0 Å². The number of nitrogens with zero attached hydrogens (tertiary/aromatic N) is 3. The van der Waals surface area contributed by atoms with Gasteiger partial charge >= 0.3 is 12.0 Å². The summed E-state index contributed by atoms with van der Waals surface area (Å²) < 4.78 is 1.87. The maximum atomic E-state index is 12.6. The molecule has 23 heavy (non-hydrogen) atoms. The Morgan fingerprint density at radius 2 is 2.17 bits per heavy atom. The molecule has 1 fully saturated rings. The average molecular weight is 320 g/mol. The smallest absolute Gasteiger partial charge is 0.317 e. The molecule has 0 bridgehead atoms. The van der Waals surface area contributed by atoms with Gasteiger partial charge in [0.2, 0.25) is 0 Å². The van der Waals surface area contributed by atoms with Crippen molar-refractivity contribution in [2.24, 2.45) is 18.9 Å². The molecule has 0 saturated carbocycles. The highest BCUT2D eigenvalue weighted by atomic mass is 16.4. The predicted molar refractivity (Wildman–Crippen MR) is 83.9 cm³/mol. The molecule has 2 heterocycles. The van der Waals surface area contributed by atoms with Crippen molar-refractivity contribution in [3.05, 3.63) is 17.5 Å². The van der Waals surface area contributed by atoms with Crippen molar-refractivity contribution in [1.29, 1.82) is 0 Å². The number of amides is 2. The number of aryl methyl sites for hydroxylation is 1. The number of aliphatic carboxylic acids is 1. The number of nitrogens with one attached hydrogen (secondary N) is 1. The number of rotatable bonds is 2. The number of carboxylic acids is 1. The summed E-state index contributed by atoms with van der Waals surface area (Å²) in [6, 6.07) is -0.190. The molecule has 1 aliphatic carbocycles. The maximum absolute atomic E-state index is 12.6. The molecule has 126 valence electrons. The number of carbonyl (C=O) groups is 2. The number of hydrogen-bond donors (Lipinski definition) is 2. The van der Waals surface area contributed by atoms with Crippen LogP contribution < -0.4 is 5.32 Å². The third kappa shape index (κ3) is 3.18. The molecular formula is C16H24N4O3. The van der Waals surface area contributed by atoms with E-state index in [1.807, 2.05) is 24.9 Å². The van der Waals surface area contributed by atoms with Gasteiger partial charge in [-0.1, -0.05) is 6.92 Å². The molecule has 0 radical (unpaired) electrons. The van der Waals surface area contributed by atoms with Gasteiger partial charge in [0.1, 0.15) is 0 Å². The van der Waals surface area contributed by atoms with Crippen molar-refractivity contribution in [2.75, 3.05) is 13.1 Å². The summed E-state index contributed by atoms with van der Waals surface area (Å²) in [5, 5.41) is 16.6. The minimum atomic E-state index is -0.818. The van der Waals surface area contributed by atoms with Gasteiger partial charge in [-0.05, 0) is 31.6 Å². The van der Waals surface area contributed by atoms with E-state index in [-0.39, 0.29) is 24.5 Å². The fourth-order valence-corrected chi connectivity index (χ4v) is 3.79. The van der Waals surface area contributed by atoms with Gasteiger partial charge in [0, 0.05) is 31.4 Å². The number of aromatic nitrogens is 2. The Labute approximate surface area is 135 Å². The predicted octanol–water partition coefficient (Wildman–Crippen LogP) is 1.55. The molecule has 2 N–H and O–H groups in total. The Kier molecular flexibility index (Phi) is 4.28. The molecule has 1 aromatic heterocycles. The lowest BCUT2D eigenvalue weighted by Crippen LogP contribution is -2.50. The van der Waals surface area contributed by atoms with E-state index in [2.05, 4.69) is 10.4 Å². The highest BCUT2D eigenvalue weighted by Crippen LogP contribution is 2.30. The van der Waals surface area contributed by atoms with Crippen LogP contribution in [0.25, 0.3) is 0 Å². The van der Waals surface area contributed by atoms with Gasteiger partial charge in [-0.3, -0.25) is 9.48 Å². The summed E-state index contributed by atoms with van der Waals surface area (Å²) in [4.78, 5) is 25.5. The zero-order chi connectivity index (χ0) is 16.6. The number of piperidine rings is 1. The lowest BCUT2D eigenvalue weighted by Gasteiger charge is -2.36. The Bertz CT molecular complexity index is 612. The van der Waals surface area contributed by atoms with Crippen LogP contribution in [0.4, 0.5) is 4.79 Å². The summed E-state index contributed by atoms with van der Waals surface area (Å²) in [5.74, 6) is -1.08. The molecule has 7 nitrogen and oxygen atoms in total. The molecule has 0 spiro atoms. The first-order chi connectivity index (χ1) is 11.0. The lowest BCUT2D eigenvalue weighted by atomic mass is 9.90. The summed E-state index contributed by atoms with van der Waals surface area (Å²) >= 11 is 0. The Balaban J connectivity index is 1.68. The molecule has 3 rings (SSSR count). The summed E-state index contributed by atoms with van der Waals surface area (Å²) in [6.45, 7) is 2.90. The van der Waals surface area contributed by atoms with Crippen molar-refractivity contribution >= 4 is 12.0 Å². The van der Waals surface area contributed by atoms with Gasteiger partial charge in [-0.25, -0.2) is 4.79 Å². The summed E-state index contributed by atoms with van der Waals surface area (Å²) in [5.41, 5.74) is 2.27.